The van der Waals surface area contributed by atoms with Gasteiger partial charge in [-0.3, -0.25) is 0 Å². The zero-order valence-electron chi connectivity index (χ0n) is 7.05. The van der Waals surface area contributed by atoms with E-state index in [1.54, 1.807) is 0 Å². The molecule has 1 rings (SSSR count). The van der Waals surface area contributed by atoms with Crippen molar-refractivity contribution in [3.8, 4) is 6.07 Å². The highest BCUT2D eigenvalue weighted by molar-refractivity contribution is 4.90. The highest BCUT2D eigenvalue weighted by Crippen LogP contribution is 2.23. The first-order chi connectivity index (χ1) is 5.38. The zero-order valence-corrected chi connectivity index (χ0v) is 7.05. The molecule has 0 saturated carbocycles. The highest BCUT2D eigenvalue weighted by Gasteiger charge is 2.24. The molecule has 2 heteroatoms. The Balaban J connectivity index is 2.39. The largest absolute Gasteiger partial charge is 0.377 e. The van der Waals surface area contributed by atoms with Crippen molar-refractivity contribution in [2.24, 2.45) is 5.92 Å². The van der Waals surface area contributed by atoms with Crippen LogP contribution in [0.3, 0.4) is 0 Å². The summed E-state index contributed by atoms with van der Waals surface area (Å²) in [5.74, 6) is 0.156. The van der Waals surface area contributed by atoms with Gasteiger partial charge in [0.2, 0.25) is 0 Å². The Morgan fingerprint density at radius 1 is 1.64 bits per heavy atom. The summed E-state index contributed by atoms with van der Waals surface area (Å²) >= 11 is 0. The van der Waals surface area contributed by atoms with Crippen LogP contribution in [0.1, 0.15) is 32.6 Å². The minimum atomic E-state index is 0.156. The molecule has 0 aliphatic carbocycles. The summed E-state index contributed by atoms with van der Waals surface area (Å²) in [7, 11) is 0. The van der Waals surface area contributed by atoms with Gasteiger partial charge in [0.1, 0.15) is 0 Å². The quantitative estimate of drug-likeness (QED) is 0.608. The third-order valence-corrected chi connectivity index (χ3v) is 2.18. The first-order valence-corrected chi connectivity index (χ1v) is 4.39. The molecule has 11 heavy (non-hydrogen) atoms. The Morgan fingerprint density at radius 3 is 3.09 bits per heavy atom. The molecule has 1 aliphatic rings. The van der Waals surface area contributed by atoms with E-state index in [-0.39, 0.29) is 12.0 Å². The molecule has 0 amide bonds. The Kier molecular flexibility index (Phi) is 3.38. The monoisotopic (exact) mass is 153 g/mol. The van der Waals surface area contributed by atoms with Gasteiger partial charge >= 0.3 is 0 Å². The molecular weight excluding hydrogens is 138 g/mol. The van der Waals surface area contributed by atoms with Crippen molar-refractivity contribution in [3.05, 3.63) is 0 Å². The van der Waals surface area contributed by atoms with Gasteiger partial charge in [-0.05, 0) is 19.3 Å². The number of hydrogen-bond donors (Lipinski definition) is 0. The number of nitrogens with zero attached hydrogens (tertiary/aromatic N) is 1. The fourth-order valence-corrected chi connectivity index (χ4v) is 1.56. The van der Waals surface area contributed by atoms with Gasteiger partial charge in [-0.1, -0.05) is 13.3 Å². The van der Waals surface area contributed by atoms with E-state index < -0.39 is 0 Å². The SMILES string of the molecule is CCCC1OCCCC1C#N. The van der Waals surface area contributed by atoms with Crippen LogP contribution < -0.4 is 0 Å². The lowest BCUT2D eigenvalue weighted by Gasteiger charge is -2.26. The Labute approximate surface area is 68.2 Å². The van der Waals surface area contributed by atoms with Crippen LogP contribution in [0.25, 0.3) is 0 Å². The van der Waals surface area contributed by atoms with Gasteiger partial charge in [0.25, 0.3) is 0 Å². The predicted molar refractivity (Wildman–Crippen MR) is 43.0 cm³/mol. The van der Waals surface area contributed by atoms with E-state index in [1.807, 2.05) is 0 Å². The van der Waals surface area contributed by atoms with Crippen molar-refractivity contribution in [1.82, 2.24) is 0 Å². The molecule has 1 saturated heterocycles. The summed E-state index contributed by atoms with van der Waals surface area (Å²) in [6.45, 7) is 2.98. The molecular formula is C9H15NO. The molecule has 2 atom stereocenters. The van der Waals surface area contributed by atoms with Crippen LogP contribution in [0.15, 0.2) is 0 Å². The van der Waals surface area contributed by atoms with Crippen LogP contribution in [0.2, 0.25) is 0 Å². The molecule has 0 N–H and O–H groups in total. The van der Waals surface area contributed by atoms with E-state index in [1.165, 1.54) is 0 Å². The molecule has 0 aromatic carbocycles. The van der Waals surface area contributed by atoms with Crippen LogP contribution in [-0.4, -0.2) is 12.7 Å². The van der Waals surface area contributed by atoms with Gasteiger partial charge in [0.15, 0.2) is 0 Å². The van der Waals surface area contributed by atoms with Gasteiger partial charge in [0, 0.05) is 6.61 Å². The number of hydrogen-bond acceptors (Lipinski definition) is 2. The maximum absolute atomic E-state index is 8.76. The molecule has 1 fully saturated rings. The average molecular weight is 153 g/mol. The van der Waals surface area contributed by atoms with Gasteiger partial charge in [-0.25, -0.2) is 0 Å². The lowest BCUT2D eigenvalue weighted by atomic mass is 9.93. The van der Waals surface area contributed by atoms with E-state index >= 15 is 0 Å². The minimum Gasteiger partial charge on any atom is -0.377 e. The first kappa shape index (κ1) is 8.55. The van der Waals surface area contributed by atoms with Gasteiger partial charge < -0.3 is 4.74 Å². The summed E-state index contributed by atoms with van der Waals surface area (Å²) in [5.41, 5.74) is 0. The molecule has 1 heterocycles. The lowest BCUT2D eigenvalue weighted by molar-refractivity contribution is -0.0134. The second-order valence-corrected chi connectivity index (χ2v) is 3.08. The topological polar surface area (TPSA) is 33.0 Å². The lowest BCUT2D eigenvalue weighted by Crippen LogP contribution is -2.28. The fraction of sp³-hybridized carbons (Fsp3) is 0.889. The second-order valence-electron chi connectivity index (χ2n) is 3.08. The zero-order chi connectivity index (χ0) is 8.10. The third-order valence-electron chi connectivity index (χ3n) is 2.18. The van der Waals surface area contributed by atoms with Crippen molar-refractivity contribution in [3.63, 3.8) is 0 Å². The van der Waals surface area contributed by atoms with Crippen LogP contribution in [-0.2, 0) is 4.74 Å². The average Bonchev–Trinajstić information content (AvgIpc) is 2.06. The molecule has 2 unspecified atom stereocenters. The van der Waals surface area contributed by atoms with Gasteiger partial charge in [-0.15, -0.1) is 0 Å². The Hall–Kier alpha value is -0.550. The van der Waals surface area contributed by atoms with Crippen LogP contribution in [0.4, 0.5) is 0 Å². The van der Waals surface area contributed by atoms with Crippen molar-refractivity contribution >= 4 is 0 Å². The first-order valence-electron chi connectivity index (χ1n) is 4.39. The second kappa shape index (κ2) is 4.35. The van der Waals surface area contributed by atoms with Crippen LogP contribution in [0.5, 0.6) is 0 Å². The standard InChI is InChI=1S/C9H15NO/c1-2-4-9-8(7-10)5-3-6-11-9/h8-9H,2-6H2,1H3. The molecule has 0 spiro atoms. The number of nitriles is 1. The van der Waals surface area contributed by atoms with E-state index in [0.717, 1.165) is 32.3 Å². The molecule has 62 valence electrons. The maximum Gasteiger partial charge on any atom is 0.0733 e. The minimum absolute atomic E-state index is 0.156. The summed E-state index contributed by atoms with van der Waals surface area (Å²) < 4.78 is 5.50. The van der Waals surface area contributed by atoms with E-state index in [0.29, 0.717) is 0 Å². The Morgan fingerprint density at radius 2 is 2.45 bits per heavy atom. The van der Waals surface area contributed by atoms with Crippen molar-refractivity contribution in [2.45, 2.75) is 38.7 Å². The molecule has 2 nitrogen and oxygen atoms in total. The van der Waals surface area contributed by atoms with Crippen molar-refractivity contribution in [1.29, 1.82) is 5.26 Å². The summed E-state index contributed by atoms with van der Waals surface area (Å²) in [5, 5.41) is 8.76. The number of ether oxygens (including phenoxy) is 1. The number of rotatable bonds is 2. The summed E-state index contributed by atoms with van der Waals surface area (Å²) in [4.78, 5) is 0. The van der Waals surface area contributed by atoms with E-state index in [4.69, 9.17) is 10.00 Å². The van der Waals surface area contributed by atoms with Crippen molar-refractivity contribution in [2.75, 3.05) is 6.61 Å². The summed E-state index contributed by atoms with van der Waals surface area (Å²) in [6.07, 6.45) is 4.46. The molecule has 0 aromatic heterocycles. The molecule has 0 radical (unpaired) electrons. The Bertz CT molecular complexity index is 148. The van der Waals surface area contributed by atoms with Crippen LogP contribution in [0, 0.1) is 17.2 Å². The third kappa shape index (κ3) is 2.20. The predicted octanol–water partition coefficient (Wildman–Crippen LogP) is 2.11. The van der Waals surface area contributed by atoms with Crippen molar-refractivity contribution < 1.29 is 4.74 Å². The summed E-state index contributed by atoms with van der Waals surface area (Å²) in [6, 6.07) is 2.31. The fourth-order valence-electron chi connectivity index (χ4n) is 1.56. The van der Waals surface area contributed by atoms with E-state index in [9.17, 15) is 0 Å². The smallest absolute Gasteiger partial charge is 0.0733 e. The van der Waals surface area contributed by atoms with Gasteiger partial charge in [0.05, 0.1) is 18.1 Å². The van der Waals surface area contributed by atoms with Crippen LogP contribution >= 0.6 is 0 Å². The highest BCUT2D eigenvalue weighted by atomic mass is 16.5. The molecule has 1 aliphatic heterocycles. The van der Waals surface area contributed by atoms with Gasteiger partial charge in [-0.2, -0.15) is 5.26 Å². The molecule has 0 bridgehead atoms. The normalized spacial score (nSPS) is 31.3. The van der Waals surface area contributed by atoms with E-state index in [2.05, 4.69) is 13.0 Å². The maximum atomic E-state index is 8.76. The molecule has 0 aromatic rings.